The Labute approximate surface area is 125 Å². The summed E-state index contributed by atoms with van der Waals surface area (Å²) in [6, 6.07) is 4.08. The molecule has 0 unspecified atom stereocenters. The third-order valence-corrected chi connectivity index (χ3v) is 4.16. The highest BCUT2D eigenvalue weighted by Gasteiger charge is 2.16. The van der Waals surface area contributed by atoms with E-state index in [1.165, 1.54) is 17.1 Å². The summed E-state index contributed by atoms with van der Waals surface area (Å²) in [5, 5.41) is 12.8. The van der Waals surface area contributed by atoms with E-state index >= 15 is 0 Å². The third-order valence-electron chi connectivity index (χ3n) is 3.49. The van der Waals surface area contributed by atoms with Gasteiger partial charge in [0.25, 0.3) is 0 Å². The van der Waals surface area contributed by atoms with Crippen LogP contribution in [0, 0.1) is 13.8 Å². The summed E-state index contributed by atoms with van der Waals surface area (Å²) >= 11 is 1.26. The predicted octanol–water partition coefficient (Wildman–Crippen LogP) is 2.65. The van der Waals surface area contributed by atoms with Crippen LogP contribution in [0.25, 0.3) is 21.7 Å². The SMILES string of the molecule is Cc1cc2nc(-c3cnns3)n(CCC(=O)O)c2cc1C. The summed E-state index contributed by atoms with van der Waals surface area (Å²) in [5.74, 6) is -0.0969. The third kappa shape index (κ3) is 2.52. The standard InChI is InChI=1S/C14H14N4O2S/c1-8-5-10-11(6-9(8)2)18(4-3-13(19)20)14(16-10)12-7-15-17-21-12/h5-7H,3-4H2,1-2H3,(H,19,20). The Bertz CT molecular complexity index is 808. The first-order valence-electron chi connectivity index (χ1n) is 6.53. The van der Waals surface area contributed by atoms with Gasteiger partial charge in [0.05, 0.1) is 23.7 Å². The van der Waals surface area contributed by atoms with Gasteiger partial charge in [0.1, 0.15) is 4.88 Å². The topological polar surface area (TPSA) is 80.9 Å². The molecule has 21 heavy (non-hydrogen) atoms. The van der Waals surface area contributed by atoms with E-state index < -0.39 is 5.97 Å². The molecule has 0 spiro atoms. The first-order chi connectivity index (χ1) is 10.1. The molecule has 0 radical (unpaired) electrons. The Kier molecular flexibility index (Phi) is 3.42. The van der Waals surface area contributed by atoms with Crippen LogP contribution in [-0.4, -0.2) is 30.2 Å². The number of hydrogen-bond acceptors (Lipinski definition) is 5. The zero-order chi connectivity index (χ0) is 15.0. The Morgan fingerprint density at radius 2 is 2.10 bits per heavy atom. The van der Waals surface area contributed by atoms with Crippen molar-refractivity contribution in [2.75, 3.05) is 0 Å². The molecule has 0 amide bonds. The first-order valence-corrected chi connectivity index (χ1v) is 7.30. The van der Waals surface area contributed by atoms with Crippen LogP contribution in [0.3, 0.4) is 0 Å². The van der Waals surface area contributed by atoms with Gasteiger partial charge in [-0.05, 0) is 48.6 Å². The van der Waals surface area contributed by atoms with Gasteiger partial charge in [-0.15, -0.1) is 5.10 Å². The van der Waals surface area contributed by atoms with Gasteiger partial charge in [0.2, 0.25) is 0 Å². The number of aryl methyl sites for hydroxylation is 3. The fourth-order valence-corrected chi connectivity index (χ4v) is 2.78. The van der Waals surface area contributed by atoms with Crippen molar-refractivity contribution >= 4 is 28.5 Å². The number of rotatable bonds is 4. The molecule has 108 valence electrons. The molecule has 1 aromatic carbocycles. The Balaban J connectivity index is 2.20. The number of carboxylic acids is 1. The number of imidazole rings is 1. The van der Waals surface area contributed by atoms with Crippen LogP contribution in [0.15, 0.2) is 18.3 Å². The number of benzene rings is 1. The molecule has 0 bridgehead atoms. The summed E-state index contributed by atoms with van der Waals surface area (Å²) in [6.07, 6.45) is 1.71. The zero-order valence-corrected chi connectivity index (χ0v) is 12.5. The minimum absolute atomic E-state index is 0.0532. The minimum Gasteiger partial charge on any atom is -0.481 e. The number of hydrogen-bond donors (Lipinski definition) is 1. The van der Waals surface area contributed by atoms with Crippen molar-refractivity contribution < 1.29 is 9.90 Å². The van der Waals surface area contributed by atoms with E-state index in [0.717, 1.165) is 27.3 Å². The molecule has 1 N–H and O–H groups in total. The zero-order valence-electron chi connectivity index (χ0n) is 11.7. The van der Waals surface area contributed by atoms with Gasteiger partial charge in [-0.3, -0.25) is 4.79 Å². The Hall–Kier alpha value is -2.28. The van der Waals surface area contributed by atoms with Gasteiger partial charge in [0.15, 0.2) is 5.82 Å². The van der Waals surface area contributed by atoms with Crippen LogP contribution >= 0.6 is 11.5 Å². The molecule has 3 aromatic rings. The fourth-order valence-electron chi connectivity index (χ4n) is 2.27. The molecule has 6 nitrogen and oxygen atoms in total. The average Bonchev–Trinajstić information content (AvgIpc) is 3.04. The van der Waals surface area contributed by atoms with Crippen molar-refractivity contribution in [3.8, 4) is 10.7 Å². The van der Waals surface area contributed by atoms with E-state index in [-0.39, 0.29) is 6.42 Å². The number of aromatic nitrogens is 4. The summed E-state index contributed by atoms with van der Waals surface area (Å²) in [6.45, 7) is 4.46. The maximum atomic E-state index is 10.9. The largest absolute Gasteiger partial charge is 0.481 e. The molecule has 3 rings (SSSR count). The van der Waals surface area contributed by atoms with Crippen LogP contribution in [0.2, 0.25) is 0 Å². The monoisotopic (exact) mass is 302 g/mol. The Morgan fingerprint density at radius 1 is 1.33 bits per heavy atom. The van der Waals surface area contributed by atoms with E-state index in [1.807, 2.05) is 24.5 Å². The molecule has 7 heteroatoms. The molecule has 0 aliphatic heterocycles. The lowest BCUT2D eigenvalue weighted by Crippen LogP contribution is -2.05. The number of fused-ring (bicyclic) bond motifs is 1. The first kappa shape index (κ1) is 13.7. The van der Waals surface area contributed by atoms with Crippen molar-refractivity contribution in [3.05, 3.63) is 29.5 Å². The summed E-state index contributed by atoms with van der Waals surface area (Å²) in [4.78, 5) is 16.4. The second-order valence-electron chi connectivity index (χ2n) is 4.94. The Morgan fingerprint density at radius 3 is 2.76 bits per heavy atom. The highest BCUT2D eigenvalue weighted by molar-refractivity contribution is 7.09. The molecular weight excluding hydrogens is 288 g/mol. The second-order valence-corrected chi connectivity index (χ2v) is 5.72. The number of aliphatic carboxylic acids is 1. The molecule has 2 heterocycles. The van der Waals surface area contributed by atoms with Crippen LogP contribution < -0.4 is 0 Å². The maximum Gasteiger partial charge on any atom is 0.305 e. The maximum absolute atomic E-state index is 10.9. The van der Waals surface area contributed by atoms with E-state index in [9.17, 15) is 4.79 Å². The van der Waals surface area contributed by atoms with Crippen LogP contribution in [0.1, 0.15) is 17.5 Å². The van der Waals surface area contributed by atoms with Crippen LogP contribution in [0.5, 0.6) is 0 Å². The van der Waals surface area contributed by atoms with Crippen molar-refractivity contribution in [3.63, 3.8) is 0 Å². The quantitative estimate of drug-likeness (QED) is 0.801. The van der Waals surface area contributed by atoms with Gasteiger partial charge in [-0.2, -0.15) is 0 Å². The fraction of sp³-hybridized carbons (Fsp3) is 0.286. The summed E-state index contributed by atoms with van der Waals surface area (Å²) in [5.41, 5.74) is 4.14. The van der Waals surface area contributed by atoms with E-state index in [1.54, 1.807) is 6.20 Å². The molecule has 0 aliphatic carbocycles. The lowest BCUT2D eigenvalue weighted by molar-refractivity contribution is -0.137. The second kappa shape index (κ2) is 5.25. The lowest BCUT2D eigenvalue weighted by atomic mass is 10.1. The summed E-state index contributed by atoms with van der Waals surface area (Å²) in [7, 11) is 0. The number of carbonyl (C=O) groups is 1. The number of carboxylic acid groups (broad SMARTS) is 1. The van der Waals surface area contributed by atoms with Gasteiger partial charge in [-0.1, -0.05) is 4.49 Å². The smallest absolute Gasteiger partial charge is 0.305 e. The molecule has 0 saturated heterocycles. The van der Waals surface area contributed by atoms with Crippen molar-refractivity contribution in [2.24, 2.45) is 0 Å². The average molecular weight is 302 g/mol. The highest BCUT2D eigenvalue weighted by atomic mass is 32.1. The summed E-state index contributed by atoms with van der Waals surface area (Å²) < 4.78 is 5.80. The van der Waals surface area contributed by atoms with Crippen molar-refractivity contribution in [2.45, 2.75) is 26.8 Å². The van der Waals surface area contributed by atoms with Gasteiger partial charge < -0.3 is 9.67 Å². The molecule has 0 atom stereocenters. The molecular formula is C14H14N4O2S. The van der Waals surface area contributed by atoms with Crippen molar-refractivity contribution in [1.82, 2.24) is 19.1 Å². The normalized spacial score (nSPS) is 11.1. The lowest BCUT2D eigenvalue weighted by Gasteiger charge is -2.07. The van der Waals surface area contributed by atoms with Gasteiger partial charge >= 0.3 is 5.97 Å². The van der Waals surface area contributed by atoms with Crippen LogP contribution in [0.4, 0.5) is 0 Å². The molecule has 0 aliphatic rings. The molecule has 0 saturated carbocycles. The molecule has 2 aromatic heterocycles. The van der Waals surface area contributed by atoms with Crippen molar-refractivity contribution in [1.29, 1.82) is 0 Å². The minimum atomic E-state index is -0.825. The van der Waals surface area contributed by atoms with E-state index in [2.05, 4.69) is 20.6 Å². The molecule has 0 fully saturated rings. The highest BCUT2D eigenvalue weighted by Crippen LogP contribution is 2.28. The predicted molar refractivity (Wildman–Crippen MR) is 80.4 cm³/mol. The van der Waals surface area contributed by atoms with Crippen LogP contribution in [-0.2, 0) is 11.3 Å². The van der Waals surface area contributed by atoms with E-state index in [0.29, 0.717) is 6.54 Å². The van der Waals surface area contributed by atoms with Gasteiger partial charge in [-0.25, -0.2) is 4.98 Å². The van der Waals surface area contributed by atoms with E-state index in [4.69, 9.17) is 5.11 Å². The number of nitrogens with zero attached hydrogens (tertiary/aromatic N) is 4. The van der Waals surface area contributed by atoms with Gasteiger partial charge in [0, 0.05) is 6.54 Å².